The van der Waals surface area contributed by atoms with Crippen LogP contribution >= 0.6 is 0 Å². The van der Waals surface area contributed by atoms with Gasteiger partial charge >= 0.3 is 0 Å². The van der Waals surface area contributed by atoms with Gasteiger partial charge < -0.3 is 20.5 Å². The molecule has 4 rings (SSSR count). The van der Waals surface area contributed by atoms with Gasteiger partial charge in [-0.25, -0.2) is 0 Å². The summed E-state index contributed by atoms with van der Waals surface area (Å²) in [5.74, 6) is 0.544. The molecule has 0 aromatic heterocycles. The van der Waals surface area contributed by atoms with Crippen molar-refractivity contribution in [2.75, 3.05) is 18.5 Å². The Morgan fingerprint density at radius 3 is 2.79 bits per heavy atom. The lowest BCUT2D eigenvalue weighted by molar-refractivity contribution is -0.118. The number of carbonyl (C=O) groups excluding carboxylic acids is 1. The van der Waals surface area contributed by atoms with Crippen molar-refractivity contribution in [3.05, 3.63) is 71.8 Å². The van der Waals surface area contributed by atoms with E-state index in [0.717, 1.165) is 11.1 Å². The van der Waals surface area contributed by atoms with E-state index in [0.29, 0.717) is 24.4 Å². The van der Waals surface area contributed by atoms with Crippen LogP contribution in [0.1, 0.15) is 24.1 Å². The SMILES string of the molecule is C[C@@H](NC[C@@H](O)Cc1ccc2ccccc2c1)c1ccc2c(c1)NC(=O)CO2. The highest BCUT2D eigenvalue weighted by Gasteiger charge is 2.18. The van der Waals surface area contributed by atoms with E-state index in [-0.39, 0.29) is 18.6 Å². The van der Waals surface area contributed by atoms with Crippen molar-refractivity contribution in [1.82, 2.24) is 5.32 Å². The average molecular weight is 376 g/mol. The van der Waals surface area contributed by atoms with Crippen LogP contribution in [-0.2, 0) is 11.2 Å². The summed E-state index contributed by atoms with van der Waals surface area (Å²) in [5, 5.41) is 19.0. The highest BCUT2D eigenvalue weighted by Crippen LogP contribution is 2.30. The molecule has 1 aliphatic heterocycles. The number of aliphatic hydroxyl groups excluding tert-OH is 1. The van der Waals surface area contributed by atoms with Crippen LogP contribution in [0, 0.1) is 0 Å². The molecule has 3 aromatic rings. The van der Waals surface area contributed by atoms with Crippen LogP contribution in [0.2, 0.25) is 0 Å². The second-order valence-corrected chi connectivity index (χ2v) is 7.26. The summed E-state index contributed by atoms with van der Waals surface area (Å²) in [4.78, 5) is 11.5. The van der Waals surface area contributed by atoms with Crippen LogP contribution in [0.15, 0.2) is 60.7 Å². The van der Waals surface area contributed by atoms with Crippen molar-refractivity contribution < 1.29 is 14.6 Å². The standard InChI is InChI=1S/C23H24N2O3/c1-15(18-8-9-22-21(12-18)25-23(27)14-28-22)24-13-20(26)11-16-6-7-17-4-2-3-5-19(17)10-16/h2-10,12,15,20,24,26H,11,13-14H2,1H3,(H,25,27)/t15-,20+/m1/s1. The smallest absolute Gasteiger partial charge is 0.262 e. The van der Waals surface area contributed by atoms with Crippen LogP contribution in [0.4, 0.5) is 5.69 Å². The zero-order valence-corrected chi connectivity index (χ0v) is 15.8. The van der Waals surface area contributed by atoms with Crippen molar-refractivity contribution in [3.8, 4) is 5.75 Å². The monoisotopic (exact) mass is 376 g/mol. The van der Waals surface area contributed by atoms with E-state index in [1.54, 1.807) is 0 Å². The second kappa shape index (κ2) is 8.00. The molecule has 144 valence electrons. The van der Waals surface area contributed by atoms with Gasteiger partial charge in [0.25, 0.3) is 5.91 Å². The number of rotatable bonds is 6. The van der Waals surface area contributed by atoms with Crippen LogP contribution < -0.4 is 15.4 Å². The molecule has 3 aromatic carbocycles. The number of hydrogen-bond acceptors (Lipinski definition) is 4. The maximum absolute atomic E-state index is 11.5. The Kier molecular flexibility index (Phi) is 5.28. The van der Waals surface area contributed by atoms with Crippen LogP contribution in [0.5, 0.6) is 5.75 Å². The molecule has 5 heteroatoms. The number of amides is 1. The molecule has 0 saturated carbocycles. The Bertz CT molecular complexity index is 1000. The van der Waals surface area contributed by atoms with Gasteiger partial charge in [-0.05, 0) is 47.4 Å². The largest absolute Gasteiger partial charge is 0.482 e. The molecule has 0 unspecified atom stereocenters. The van der Waals surface area contributed by atoms with E-state index < -0.39 is 6.10 Å². The predicted molar refractivity (Wildman–Crippen MR) is 111 cm³/mol. The summed E-state index contributed by atoms with van der Waals surface area (Å²) in [6.07, 6.45) is 0.114. The fourth-order valence-electron chi connectivity index (χ4n) is 3.51. The third-order valence-electron chi connectivity index (χ3n) is 5.08. The zero-order valence-electron chi connectivity index (χ0n) is 15.8. The Hall–Kier alpha value is -2.89. The van der Waals surface area contributed by atoms with Gasteiger partial charge in [0, 0.05) is 12.6 Å². The molecular formula is C23H24N2O3. The summed E-state index contributed by atoms with van der Waals surface area (Å²) in [6, 6.07) is 20.3. The quantitative estimate of drug-likeness (QED) is 0.616. The molecule has 0 bridgehead atoms. The summed E-state index contributed by atoms with van der Waals surface area (Å²) in [6.45, 7) is 2.57. The molecular weight excluding hydrogens is 352 g/mol. The molecule has 0 fully saturated rings. The maximum atomic E-state index is 11.5. The predicted octanol–water partition coefficient (Wildman–Crippen LogP) is 3.42. The number of hydrogen-bond donors (Lipinski definition) is 3. The number of carbonyl (C=O) groups is 1. The van der Waals surface area contributed by atoms with Crippen LogP contribution in [0.3, 0.4) is 0 Å². The second-order valence-electron chi connectivity index (χ2n) is 7.26. The van der Waals surface area contributed by atoms with Crippen molar-refractivity contribution >= 4 is 22.4 Å². The number of fused-ring (bicyclic) bond motifs is 2. The Morgan fingerprint density at radius 2 is 1.93 bits per heavy atom. The Morgan fingerprint density at radius 1 is 1.11 bits per heavy atom. The first-order valence-electron chi connectivity index (χ1n) is 9.54. The number of aliphatic hydroxyl groups is 1. The molecule has 2 atom stereocenters. The first-order chi connectivity index (χ1) is 13.6. The highest BCUT2D eigenvalue weighted by molar-refractivity contribution is 5.95. The van der Waals surface area contributed by atoms with Crippen LogP contribution in [0.25, 0.3) is 10.8 Å². The van der Waals surface area contributed by atoms with Gasteiger partial charge in [-0.1, -0.05) is 48.5 Å². The molecule has 5 nitrogen and oxygen atoms in total. The first kappa shape index (κ1) is 18.5. The van der Waals surface area contributed by atoms with Gasteiger partial charge in [0.1, 0.15) is 5.75 Å². The van der Waals surface area contributed by atoms with E-state index in [1.165, 1.54) is 10.8 Å². The minimum absolute atomic E-state index is 0.0374. The molecule has 28 heavy (non-hydrogen) atoms. The summed E-state index contributed by atoms with van der Waals surface area (Å²) in [5.41, 5.74) is 2.84. The minimum Gasteiger partial charge on any atom is -0.482 e. The Balaban J connectivity index is 1.35. The summed E-state index contributed by atoms with van der Waals surface area (Å²) < 4.78 is 5.39. The number of ether oxygens (including phenoxy) is 1. The maximum Gasteiger partial charge on any atom is 0.262 e. The van der Waals surface area contributed by atoms with Crippen molar-refractivity contribution in [2.45, 2.75) is 25.5 Å². The van der Waals surface area contributed by atoms with Gasteiger partial charge in [-0.3, -0.25) is 4.79 Å². The molecule has 0 radical (unpaired) electrons. The number of nitrogens with one attached hydrogen (secondary N) is 2. The molecule has 1 heterocycles. The normalized spacial score (nSPS) is 15.4. The molecule has 0 spiro atoms. The van der Waals surface area contributed by atoms with Crippen molar-refractivity contribution in [1.29, 1.82) is 0 Å². The van der Waals surface area contributed by atoms with Gasteiger partial charge in [-0.2, -0.15) is 0 Å². The Labute approximate surface area is 164 Å². The fraction of sp³-hybridized carbons (Fsp3) is 0.261. The van der Waals surface area contributed by atoms with Gasteiger partial charge in [-0.15, -0.1) is 0 Å². The van der Waals surface area contributed by atoms with Crippen molar-refractivity contribution in [3.63, 3.8) is 0 Å². The first-order valence-corrected chi connectivity index (χ1v) is 9.54. The van der Waals surface area contributed by atoms with Crippen molar-refractivity contribution in [2.24, 2.45) is 0 Å². The lowest BCUT2D eigenvalue weighted by Gasteiger charge is -2.22. The molecule has 3 N–H and O–H groups in total. The van der Waals surface area contributed by atoms with Gasteiger partial charge in [0.15, 0.2) is 6.61 Å². The molecule has 0 saturated heterocycles. The fourth-order valence-corrected chi connectivity index (χ4v) is 3.51. The minimum atomic E-state index is -0.482. The molecule has 1 aliphatic rings. The van der Waals surface area contributed by atoms with Crippen LogP contribution in [-0.4, -0.2) is 30.3 Å². The van der Waals surface area contributed by atoms with E-state index in [2.05, 4.69) is 41.0 Å². The zero-order chi connectivity index (χ0) is 19.5. The molecule has 0 aliphatic carbocycles. The number of benzene rings is 3. The summed E-state index contributed by atoms with van der Waals surface area (Å²) >= 11 is 0. The van der Waals surface area contributed by atoms with E-state index >= 15 is 0 Å². The van der Waals surface area contributed by atoms with Gasteiger partial charge in [0.2, 0.25) is 0 Å². The van der Waals surface area contributed by atoms with E-state index in [1.807, 2.05) is 37.3 Å². The van der Waals surface area contributed by atoms with E-state index in [4.69, 9.17) is 4.74 Å². The summed E-state index contributed by atoms with van der Waals surface area (Å²) in [7, 11) is 0. The third kappa shape index (κ3) is 4.16. The topological polar surface area (TPSA) is 70.6 Å². The average Bonchev–Trinajstić information content (AvgIpc) is 2.71. The lowest BCUT2D eigenvalue weighted by Crippen LogP contribution is -2.30. The highest BCUT2D eigenvalue weighted by atomic mass is 16.5. The van der Waals surface area contributed by atoms with E-state index in [9.17, 15) is 9.90 Å². The number of anilines is 1. The molecule has 1 amide bonds. The lowest BCUT2D eigenvalue weighted by atomic mass is 10.0. The van der Waals surface area contributed by atoms with Gasteiger partial charge in [0.05, 0.1) is 11.8 Å². The third-order valence-corrected chi connectivity index (χ3v) is 5.08.